The zero-order valence-corrected chi connectivity index (χ0v) is 17.2. The van der Waals surface area contributed by atoms with Gasteiger partial charge in [0.25, 0.3) is 11.7 Å². The number of benzene rings is 2. The Bertz CT molecular complexity index is 1200. The molecule has 1 saturated heterocycles. The number of aliphatic hydroxyl groups excluding tert-OH is 1. The smallest absolute Gasteiger partial charge is 0.300 e. The SMILES string of the molecule is CC(C)Oc1ccc(/C(O)=C2/C(=O)C(=O)N(c3ccc(F)cc3F)C2c2ccco2)cc1. The Balaban J connectivity index is 1.85. The van der Waals surface area contributed by atoms with E-state index in [0.717, 1.165) is 17.0 Å². The van der Waals surface area contributed by atoms with Crippen molar-refractivity contribution in [3.8, 4) is 5.75 Å². The lowest BCUT2D eigenvalue weighted by Gasteiger charge is -2.23. The summed E-state index contributed by atoms with van der Waals surface area (Å²) in [5.74, 6) is -3.71. The number of Topliss-reactive ketones (excluding diaryl/α,β-unsaturated/α-hetero) is 1. The summed E-state index contributed by atoms with van der Waals surface area (Å²) in [4.78, 5) is 26.7. The Morgan fingerprint density at radius 3 is 2.41 bits per heavy atom. The molecule has 0 spiro atoms. The average molecular weight is 439 g/mol. The van der Waals surface area contributed by atoms with Gasteiger partial charge in [0, 0.05) is 11.6 Å². The highest BCUT2D eigenvalue weighted by atomic mass is 19.1. The van der Waals surface area contributed by atoms with E-state index in [2.05, 4.69) is 0 Å². The lowest BCUT2D eigenvalue weighted by molar-refractivity contribution is -0.132. The fourth-order valence-corrected chi connectivity index (χ4v) is 3.59. The topological polar surface area (TPSA) is 80.0 Å². The molecule has 0 aliphatic carbocycles. The lowest BCUT2D eigenvalue weighted by atomic mass is 9.99. The zero-order chi connectivity index (χ0) is 23.0. The zero-order valence-electron chi connectivity index (χ0n) is 17.2. The number of anilines is 1. The molecule has 1 fully saturated rings. The second-order valence-electron chi connectivity index (χ2n) is 7.47. The summed E-state index contributed by atoms with van der Waals surface area (Å²) in [6.07, 6.45) is 1.28. The van der Waals surface area contributed by atoms with Crippen LogP contribution in [0.2, 0.25) is 0 Å². The summed E-state index contributed by atoms with van der Waals surface area (Å²) in [5, 5.41) is 11.0. The van der Waals surface area contributed by atoms with Crippen LogP contribution in [0.15, 0.2) is 70.9 Å². The number of carbonyl (C=O) groups excluding carboxylic acids is 2. The van der Waals surface area contributed by atoms with Crippen molar-refractivity contribution in [2.75, 3.05) is 4.90 Å². The number of nitrogens with zero attached hydrogens (tertiary/aromatic N) is 1. The van der Waals surface area contributed by atoms with E-state index in [0.29, 0.717) is 11.8 Å². The van der Waals surface area contributed by atoms with Crippen LogP contribution in [-0.2, 0) is 9.59 Å². The van der Waals surface area contributed by atoms with Gasteiger partial charge in [0.2, 0.25) is 0 Å². The number of halogens is 2. The van der Waals surface area contributed by atoms with Gasteiger partial charge in [0.15, 0.2) is 0 Å². The molecule has 8 heteroatoms. The highest BCUT2D eigenvalue weighted by Crippen LogP contribution is 2.43. The van der Waals surface area contributed by atoms with Crippen molar-refractivity contribution in [1.29, 1.82) is 0 Å². The highest BCUT2D eigenvalue weighted by molar-refractivity contribution is 6.51. The molecule has 0 saturated carbocycles. The second-order valence-corrected chi connectivity index (χ2v) is 7.47. The van der Waals surface area contributed by atoms with Crippen molar-refractivity contribution in [3.63, 3.8) is 0 Å². The summed E-state index contributed by atoms with van der Waals surface area (Å²) in [6.45, 7) is 3.74. The molecular weight excluding hydrogens is 420 g/mol. The number of ketones is 1. The van der Waals surface area contributed by atoms with Gasteiger partial charge >= 0.3 is 0 Å². The van der Waals surface area contributed by atoms with Crippen molar-refractivity contribution >= 4 is 23.1 Å². The molecule has 1 aromatic heterocycles. The van der Waals surface area contributed by atoms with Gasteiger partial charge < -0.3 is 14.3 Å². The van der Waals surface area contributed by atoms with Crippen LogP contribution in [0.25, 0.3) is 5.76 Å². The Morgan fingerprint density at radius 2 is 1.81 bits per heavy atom. The summed E-state index contributed by atoms with van der Waals surface area (Å²) in [6, 6.07) is 10.8. The molecule has 32 heavy (non-hydrogen) atoms. The Morgan fingerprint density at radius 1 is 1.09 bits per heavy atom. The molecule has 1 N–H and O–H groups in total. The maximum atomic E-state index is 14.5. The van der Waals surface area contributed by atoms with Gasteiger partial charge in [-0.1, -0.05) is 0 Å². The third-order valence-corrected chi connectivity index (χ3v) is 4.93. The molecule has 4 rings (SSSR count). The fraction of sp³-hybridized carbons (Fsp3) is 0.167. The van der Waals surface area contributed by atoms with Crippen molar-refractivity contribution in [2.45, 2.75) is 26.0 Å². The number of rotatable bonds is 5. The van der Waals surface area contributed by atoms with Crippen LogP contribution < -0.4 is 9.64 Å². The number of aliphatic hydroxyl groups is 1. The summed E-state index contributed by atoms with van der Waals surface area (Å²) < 4.78 is 39.0. The van der Waals surface area contributed by atoms with Gasteiger partial charge in [-0.25, -0.2) is 8.78 Å². The van der Waals surface area contributed by atoms with E-state index in [9.17, 15) is 23.5 Å². The molecule has 0 radical (unpaired) electrons. The quantitative estimate of drug-likeness (QED) is 0.345. The van der Waals surface area contributed by atoms with E-state index >= 15 is 0 Å². The molecule has 1 aliphatic rings. The molecule has 1 aliphatic heterocycles. The van der Waals surface area contributed by atoms with E-state index in [-0.39, 0.29) is 28.7 Å². The first kappa shape index (κ1) is 21.3. The largest absolute Gasteiger partial charge is 0.507 e. The maximum Gasteiger partial charge on any atom is 0.300 e. The molecule has 1 amide bonds. The number of amides is 1. The number of carbonyl (C=O) groups is 2. The first-order chi connectivity index (χ1) is 15.3. The van der Waals surface area contributed by atoms with Gasteiger partial charge in [-0.05, 0) is 62.4 Å². The van der Waals surface area contributed by atoms with Crippen molar-refractivity contribution in [3.05, 3.63) is 89.4 Å². The molecule has 3 aromatic rings. The minimum Gasteiger partial charge on any atom is -0.507 e. The van der Waals surface area contributed by atoms with Crippen LogP contribution in [0.5, 0.6) is 5.75 Å². The predicted octanol–water partition coefficient (Wildman–Crippen LogP) is 4.97. The first-order valence-electron chi connectivity index (χ1n) is 9.84. The lowest BCUT2D eigenvalue weighted by Crippen LogP contribution is -2.30. The van der Waals surface area contributed by atoms with Gasteiger partial charge in [-0.2, -0.15) is 0 Å². The summed E-state index contributed by atoms with van der Waals surface area (Å²) in [5.41, 5.74) is -0.323. The van der Waals surface area contributed by atoms with E-state index in [4.69, 9.17) is 9.15 Å². The Kier molecular flexibility index (Phi) is 5.52. The van der Waals surface area contributed by atoms with Gasteiger partial charge in [0.1, 0.15) is 34.9 Å². The minimum atomic E-state index is -1.24. The van der Waals surface area contributed by atoms with Crippen LogP contribution in [0.4, 0.5) is 14.5 Å². The van der Waals surface area contributed by atoms with Crippen molar-refractivity contribution < 1.29 is 32.6 Å². The van der Waals surface area contributed by atoms with Crippen LogP contribution in [0.3, 0.4) is 0 Å². The van der Waals surface area contributed by atoms with Crippen molar-refractivity contribution in [2.24, 2.45) is 0 Å². The molecule has 2 heterocycles. The summed E-state index contributed by atoms with van der Waals surface area (Å²) in [7, 11) is 0. The maximum absolute atomic E-state index is 14.5. The molecule has 164 valence electrons. The highest BCUT2D eigenvalue weighted by Gasteiger charge is 2.49. The predicted molar refractivity (Wildman–Crippen MR) is 112 cm³/mol. The number of furan rings is 1. The van der Waals surface area contributed by atoms with Gasteiger partial charge in [-0.3, -0.25) is 14.5 Å². The summed E-state index contributed by atoms with van der Waals surface area (Å²) >= 11 is 0. The van der Waals surface area contributed by atoms with E-state index in [1.807, 2.05) is 13.8 Å². The average Bonchev–Trinajstić information content (AvgIpc) is 3.35. The minimum absolute atomic E-state index is 0.0515. The molecule has 0 bridgehead atoms. The number of ether oxygens (including phenoxy) is 1. The van der Waals surface area contributed by atoms with Crippen LogP contribution in [-0.4, -0.2) is 22.9 Å². The fourth-order valence-electron chi connectivity index (χ4n) is 3.59. The Labute approximate surface area is 182 Å². The van der Waals surface area contributed by atoms with E-state index in [1.165, 1.54) is 30.5 Å². The number of hydrogen-bond acceptors (Lipinski definition) is 5. The second kappa shape index (κ2) is 8.30. The molecular formula is C24H19F2NO5. The van der Waals surface area contributed by atoms with Gasteiger partial charge in [-0.15, -0.1) is 0 Å². The molecule has 2 aromatic carbocycles. The van der Waals surface area contributed by atoms with Crippen LogP contribution >= 0.6 is 0 Å². The van der Waals surface area contributed by atoms with E-state index in [1.54, 1.807) is 12.1 Å². The number of hydrogen-bond donors (Lipinski definition) is 1. The standard InChI is InChI=1S/C24H19F2NO5/c1-13(2)32-16-8-5-14(6-9-16)22(28)20-21(19-4-3-11-31-19)27(24(30)23(20)29)18-10-7-15(25)12-17(18)26/h3-13,21,28H,1-2H3/b22-20-. The third-order valence-electron chi connectivity index (χ3n) is 4.93. The van der Waals surface area contributed by atoms with Crippen LogP contribution in [0, 0.1) is 11.6 Å². The van der Waals surface area contributed by atoms with Crippen molar-refractivity contribution in [1.82, 2.24) is 0 Å². The third kappa shape index (κ3) is 3.75. The molecule has 1 unspecified atom stereocenters. The normalized spacial score (nSPS) is 17.9. The van der Waals surface area contributed by atoms with Gasteiger partial charge in [0.05, 0.1) is 23.6 Å². The molecule has 1 atom stereocenters. The monoisotopic (exact) mass is 439 g/mol. The van der Waals surface area contributed by atoms with Crippen LogP contribution in [0.1, 0.15) is 31.2 Å². The first-order valence-corrected chi connectivity index (χ1v) is 9.84. The molecule has 6 nitrogen and oxygen atoms in total. The Hall–Kier alpha value is -3.94. The van der Waals surface area contributed by atoms with E-state index < -0.39 is 35.1 Å².